The number of anilines is 1. The second-order valence-corrected chi connectivity index (χ2v) is 8.49. The van der Waals surface area contributed by atoms with Crippen LogP contribution in [0.25, 0.3) is 10.2 Å². The van der Waals surface area contributed by atoms with Gasteiger partial charge in [-0.15, -0.1) is 0 Å². The quantitative estimate of drug-likeness (QED) is 0.412. The Labute approximate surface area is 175 Å². The maximum Gasteiger partial charge on any atom is 0.233 e. The van der Waals surface area contributed by atoms with Gasteiger partial charge in [0.1, 0.15) is 0 Å². The van der Waals surface area contributed by atoms with Crippen molar-refractivity contribution in [3.63, 3.8) is 0 Å². The summed E-state index contributed by atoms with van der Waals surface area (Å²) in [5, 5.41) is 0.759. The van der Waals surface area contributed by atoms with Crippen LogP contribution < -0.4 is 4.90 Å². The van der Waals surface area contributed by atoms with E-state index < -0.39 is 0 Å². The number of benzene rings is 3. The average molecular weight is 401 g/mol. The van der Waals surface area contributed by atoms with Crippen molar-refractivity contribution >= 4 is 32.6 Å². The smallest absolute Gasteiger partial charge is 0.233 e. The number of hydrogen-bond acceptors (Lipinski definition) is 3. The van der Waals surface area contributed by atoms with Crippen LogP contribution in [-0.4, -0.2) is 10.9 Å². The van der Waals surface area contributed by atoms with Crippen molar-refractivity contribution in [1.29, 1.82) is 0 Å². The molecule has 4 rings (SSSR count). The third kappa shape index (κ3) is 4.22. The molecule has 1 amide bonds. The molecule has 3 nitrogen and oxygen atoms in total. The van der Waals surface area contributed by atoms with Gasteiger partial charge in [0.25, 0.3) is 0 Å². The van der Waals surface area contributed by atoms with Gasteiger partial charge in [-0.25, -0.2) is 4.98 Å². The van der Waals surface area contributed by atoms with Crippen molar-refractivity contribution in [2.24, 2.45) is 0 Å². The van der Waals surface area contributed by atoms with Crippen LogP contribution in [0.3, 0.4) is 0 Å². The molecule has 0 aliphatic rings. The van der Waals surface area contributed by atoms with Gasteiger partial charge in [-0.3, -0.25) is 9.69 Å². The summed E-state index contributed by atoms with van der Waals surface area (Å²) in [5.74, 6) is 0.0629. The maximum atomic E-state index is 13.4. The largest absolute Gasteiger partial charge is 0.283 e. The van der Waals surface area contributed by atoms with Crippen LogP contribution in [0.2, 0.25) is 0 Å². The molecule has 0 spiro atoms. The first kappa shape index (κ1) is 19.3. The van der Waals surface area contributed by atoms with Crippen LogP contribution in [-0.2, 0) is 17.8 Å². The summed E-state index contributed by atoms with van der Waals surface area (Å²) < 4.78 is 1.12. The van der Waals surface area contributed by atoms with Crippen molar-refractivity contribution in [3.8, 4) is 0 Å². The first-order chi connectivity index (χ1) is 14.0. The summed E-state index contributed by atoms with van der Waals surface area (Å²) >= 11 is 1.58. The van der Waals surface area contributed by atoms with Crippen molar-refractivity contribution in [3.05, 3.63) is 94.5 Å². The van der Waals surface area contributed by atoms with Gasteiger partial charge in [0.15, 0.2) is 5.13 Å². The fraction of sp³-hybridized carbons (Fsp3) is 0.200. The van der Waals surface area contributed by atoms with Crippen molar-refractivity contribution in [1.82, 2.24) is 4.98 Å². The lowest BCUT2D eigenvalue weighted by molar-refractivity contribution is -0.118. The van der Waals surface area contributed by atoms with E-state index in [1.54, 1.807) is 11.3 Å². The Hall–Kier alpha value is -2.98. The summed E-state index contributed by atoms with van der Waals surface area (Å²) in [4.78, 5) is 20.1. The van der Waals surface area contributed by atoms with E-state index in [0.717, 1.165) is 32.0 Å². The van der Waals surface area contributed by atoms with E-state index in [1.165, 1.54) is 11.1 Å². The van der Waals surface area contributed by atoms with E-state index in [2.05, 4.69) is 44.2 Å². The topological polar surface area (TPSA) is 33.2 Å². The second kappa shape index (κ2) is 8.18. The van der Waals surface area contributed by atoms with Gasteiger partial charge in [0.05, 0.1) is 23.2 Å². The molecule has 0 unspecified atom stereocenters. The third-order valence-corrected chi connectivity index (χ3v) is 6.27. The number of aromatic nitrogens is 1. The minimum atomic E-state index is 0.0629. The summed E-state index contributed by atoms with van der Waals surface area (Å²) in [6.07, 6.45) is 0.364. The molecular formula is C25H24N2OS. The highest BCUT2D eigenvalue weighted by Gasteiger charge is 2.21. The lowest BCUT2D eigenvalue weighted by Gasteiger charge is -2.20. The Balaban J connectivity index is 1.72. The first-order valence-corrected chi connectivity index (χ1v) is 10.6. The molecule has 0 aliphatic heterocycles. The molecule has 4 aromatic rings. The fourth-order valence-corrected chi connectivity index (χ4v) is 4.49. The molecule has 0 aliphatic carbocycles. The lowest BCUT2D eigenvalue weighted by atomic mass is 10.1. The maximum absolute atomic E-state index is 13.4. The molecule has 0 saturated carbocycles. The highest BCUT2D eigenvalue weighted by atomic mass is 32.1. The zero-order chi connectivity index (χ0) is 20.4. The molecule has 3 aromatic carbocycles. The molecular weight excluding hydrogens is 376 g/mol. The van der Waals surface area contributed by atoms with Crippen LogP contribution >= 0.6 is 11.3 Å². The molecule has 4 heteroatoms. The molecule has 0 saturated heterocycles. The number of amides is 1. The first-order valence-electron chi connectivity index (χ1n) is 9.78. The summed E-state index contributed by atoms with van der Waals surface area (Å²) in [6.45, 7) is 6.76. The van der Waals surface area contributed by atoms with Crippen molar-refractivity contribution < 1.29 is 4.79 Å². The third-order valence-electron chi connectivity index (χ3n) is 5.23. The summed E-state index contributed by atoms with van der Waals surface area (Å²) in [6, 6.07) is 22.5. The fourth-order valence-electron chi connectivity index (χ4n) is 3.45. The number of rotatable bonds is 5. The van der Waals surface area contributed by atoms with Crippen LogP contribution in [0.15, 0.2) is 66.7 Å². The van der Waals surface area contributed by atoms with Crippen molar-refractivity contribution in [2.75, 3.05) is 4.90 Å². The Bertz CT molecular complexity index is 1160. The number of thiazole rings is 1. The van der Waals surface area contributed by atoms with E-state index in [0.29, 0.717) is 13.0 Å². The minimum Gasteiger partial charge on any atom is -0.283 e. The van der Waals surface area contributed by atoms with Crippen LogP contribution in [0.5, 0.6) is 0 Å². The van der Waals surface area contributed by atoms with Crippen LogP contribution in [0.4, 0.5) is 5.13 Å². The zero-order valence-electron chi connectivity index (χ0n) is 17.0. The van der Waals surface area contributed by atoms with Gasteiger partial charge in [-0.2, -0.15) is 0 Å². The standard InChI is InChI=1S/C25H24N2OS/c1-17-8-7-11-21(14-17)15-23(28)27(16-20-9-5-4-6-10-20)25-26-24-19(3)18(2)12-13-22(24)29-25/h4-14H,15-16H2,1-3H3. The summed E-state index contributed by atoms with van der Waals surface area (Å²) in [7, 11) is 0. The molecule has 0 bridgehead atoms. The number of carbonyl (C=O) groups excluding carboxylic acids is 1. The molecule has 1 aromatic heterocycles. The number of hydrogen-bond donors (Lipinski definition) is 0. The Morgan fingerprint density at radius 3 is 2.45 bits per heavy atom. The zero-order valence-corrected chi connectivity index (χ0v) is 17.8. The average Bonchev–Trinajstić information content (AvgIpc) is 3.14. The number of carbonyl (C=O) groups is 1. The molecule has 0 atom stereocenters. The Kier molecular flexibility index (Phi) is 5.45. The van der Waals surface area contributed by atoms with Gasteiger partial charge < -0.3 is 0 Å². The van der Waals surface area contributed by atoms with E-state index in [1.807, 2.05) is 48.2 Å². The van der Waals surface area contributed by atoms with Gasteiger partial charge in [0.2, 0.25) is 5.91 Å². The Morgan fingerprint density at radius 1 is 0.931 bits per heavy atom. The number of fused-ring (bicyclic) bond motifs is 1. The van der Waals surface area contributed by atoms with Crippen LogP contribution in [0.1, 0.15) is 27.8 Å². The monoisotopic (exact) mass is 400 g/mol. The molecule has 0 N–H and O–H groups in total. The lowest BCUT2D eigenvalue weighted by Crippen LogP contribution is -2.31. The highest BCUT2D eigenvalue weighted by molar-refractivity contribution is 7.22. The van der Waals surface area contributed by atoms with E-state index in [-0.39, 0.29) is 5.91 Å². The minimum absolute atomic E-state index is 0.0629. The van der Waals surface area contributed by atoms with Crippen molar-refractivity contribution in [2.45, 2.75) is 33.7 Å². The molecule has 146 valence electrons. The predicted octanol–water partition coefficient (Wildman–Crippen LogP) is 6.00. The van der Waals surface area contributed by atoms with E-state index in [4.69, 9.17) is 4.98 Å². The molecule has 1 heterocycles. The summed E-state index contributed by atoms with van der Waals surface area (Å²) in [5.41, 5.74) is 6.67. The van der Waals surface area contributed by atoms with Crippen LogP contribution in [0, 0.1) is 20.8 Å². The molecule has 29 heavy (non-hydrogen) atoms. The van der Waals surface area contributed by atoms with E-state index in [9.17, 15) is 4.79 Å². The normalized spacial score (nSPS) is 11.0. The Morgan fingerprint density at radius 2 is 1.69 bits per heavy atom. The van der Waals surface area contributed by atoms with Gasteiger partial charge in [-0.05, 0) is 49.1 Å². The van der Waals surface area contributed by atoms with Gasteiger partial charge in [-0.1, -0.05) is 77.6 Å². The van der Waals surface area contributed by atoms with E-state index >= 15 is 0 Å². The second-order valence-electron chi connectivity index (χ2n) is 7.48. The predicted molar refractivity (Wildman–Crippen MR) is 122 cm³/mol. The SMILES string of the molecule is Cc1cccc(CC(=O)N(Cc2ccccc2)c2nc3c(C)c(C)ccc3s2)c1. The van der Waals surface area contributed by atoms with Gasteiger partial charge in [0, 0.05) is 0 Å². The molecule has 0 fully saturated rings. The number of nitrogens with zero attached hydrogens (tertiary/aromatic N) is 2. The van der Waals surface area contributed by atoms with Gasteiger partial charge >= 0.3 is 0 Å². The highest BCUT2D eigenvalue weighted by Crippen LogP contribution is 2.33. The molecule has 0 radical (unpaired) electrons. The number of aryl methyl sites for hydroxylation is 3.